The summed E-state index contributed by atoms with van der Waals surface area (Å²) in [5.41, 5.74) is 1.41. The molecule has 4 rings (SSSR count). The highest BCUT2D eigenvalue weighted by Crippen LogP contribution is 2.49. The molecule has 3 aromatic carbocycles. The van der Waals surface area contributed by atoms with Gasteiger partial charge < -0.3 is 0 Å². The first-order valence-corrected chi connectivity index (χ1v) is 11.9. The fourth-order valence-electron chi connectivity index (χ4n) is 4.62. The average Bonchev–Trinajstić information content (AvgIpc) is 3.28. The molecule has 0 amide bonds. The fraction of sp³-hybridized carbons (Fsp3) is 0.308. The molecule has 1 aliphatic carbocycles. The first kappa shape index (κ1) is 19.4. The Kier molecular flexibility index (Phi) is 6.57. The van der Waals surface area contributed by atoms with Crippen LogP contribution in [0, 0.1) is 5.92 Å². The molecule has 3 aromatic rings. The van der Waals surface area contributed by atoms with Crippen LogP contribution >= 0.6 is 7.92 Å². The lowest BCUT2D eigenvalue weighted by molar-refractivity contribution is 0.238. The molecule has 2 heteroatoms. The molecule has 0 radical (unpaired) electrons. The maximum Gasteiger partial charge on any atom is 0.0407 e. The fourth-order valence-corrected chi connectivity index (χ4v) is 7.71. The van der Waals surface area contributed by atoms with Crippen molar-refractivity contribution in [3.05, 3.63) is 96.6 Å². The Labute approximate surface area is 171 Å². The number of hydrogen-bond acceptors (Lipinski definition) is 1. The minimum atomic E-state index is -0.435. The van der Waals surface area contributed by atoms with Crippen molar-refractivity contribution >= 4 is 18.5 Å². The third kappa shape index (κ3) is 4.54. The van der Waals surface area contributed by atoms with E-state index in [9.17, 15) is 0 Å². The van der Waals surface area contributed by atoms with E-state index in [1.165, 1.54) is 41.9 Å². The lowest BCUT2D eigenvalue weighted by atomic mass is 10.1. The largest absolute Gasteiger partial charge is 0.294 e. The van der Waals surface area contributed by atoms with Crippen LogP contribution in [-0.4, -0.2) is 17.7 Å². The van der Waals surface area contributed by atoms with Gasteiger partial charge in [-0.3, -0.25) is 4.90 Å². The van der Waals surface area contributed by atoms with E-state index in [0.717, 1.165) is 12.5 Å². The van der Waals surface area contributed by atoms with Crippen LogP contribution in [0.15, 0.2) is 91.0 Å². The Bertz CT molecular complexity index is 789. The van der Waals surface area contributed by atoms with Crippen molar-refractivity contribution in [1.82, 2.24) is 4.90 Å². The molecule has 1 atom stereocenters. The third-order valence-corrected chi connectivity index (χ3v) is 8.94. The van der Waals surface area contributed by atoms with Crippen LogP contribution in [0.2, 0.25) is 0 Å². The van der Waals surface area contributed by atoms with E-state index < -0.39 is 7.92 Å². The molecule has 1 unspecified atom stereocenters. The smallest absolute Gasteiger partial charge is 0.0407 e. The van der Waals surface area contributed by atoms with Crippen molar-refractivity contribution in [2.45, 2.75) is 38.0 Å². The SMILES string of the molecule is CN(Cc1ccccc1)C(C1CCCC1)P(c1ccccc1)c1ccccc1. The minimum absolute atomic E-state index is 0.435. The van der Waals surface area contributed by atoms with Crippen LogP contribution < -0.4 is 10.6 Å². The monoisotopic (exact) mass is 387 g/mol. The standard InChI is InChI=1S/C26H30NP/c1-27(21-22-13-5-2-6-14-22)26(23-15-11-12-16-23)28(24-17-7-3-8-18-24)25-19-9-4-10-20-25/h2-10,13-14,17-20,23,26H,11-12,15-16,21H2,1H3. The molecule has 0 aliphatic heterocycles. The molecule has 1 aliphatic rings. The predicted octanol–water partition coefficient (Wildman–Crippen LogP) is 5.77. The van der Waals surface area contributed by atoms with Gasteiger partial charge in [0.25, 0.3) is 0 Å². The van der Waals surface area contributed by atoms with Gasteiger partial charge in [0, 0.05) is 12.3 Å². The van der Waals surface area contributed by atoms with Gasteiger partial charge in [-0.1, -0.05) is 104 Å². The normalized spacial score (nSPS) is 16.0. The number of nitrogens with zero attached hydrogens (tertiary/aromatic N) is 1. The van der Waals surface area contributed by atoms with Crippen LogP contribution in [0.5, 0.6) is 0 Å². The van der Waals surface area contributed by atoms with Crippen molar-refractivity contribution < 1.29 is 0 Å². The number of benzene rings is 3. The summed E-state index contributed by atoms with van der Waals surface area (Å²) < 4.78 is 0. The van der Waals surface area contributed by atoms with E-state index in [1.807, 2.05) is 0 Å². The van der Waals surface area contributed by atoms with Gasteiger partial charge in [0.1, 0.15) is 0 Å². The number of rotatable bonds is 7. The summed E-state index contributed by atoms with van der Waals surface area (Å²) in [6, 6.07) is 33.4. The predicted molar refractivity (Wildman–Crippen MR) is 123 cm³/mol. The topological polar surface area (TPSA) is 3.24 Å². The Morgan fingerprint density at radius 1 is 0.750 bits per heavy atom. The lowest BCUT2D eigenvalue weighted by Gasteiger charge is -2.39. The van der Waals surface area contributed by atoms with Crippen molar-refractivity contribution in [2.75, 3.05) is 7.05 Å². The van der Waals surface area contributed by atoms with Gasteiger partial charge in [0.15, 0.2) is 0 Å². The second kappa shape index (κ2) is 9.50. The summed E-state index contributed by atoms with van der Waals surface area (Å²) in [7, 11) is 1.91. The van der Waals surface area contributed by atoms with E-state index in [1.54, 1.807) is 0 Å². The summed E-state index contributed by atoms with van der Waals surface area (Å²) in [6.45, 7) is 1.01. The summed E-state index contributed by atoms with van der Waals surface area (Å²) in [5.74, 6) is 1.35. The second-order valence-electron chi connectivity index (χ2n) is 7.90. The van der Waals surface area contributed by atoms with Crippen LogP contribution in [0.25, 0.3) is 0 Å². The van der Waals surface area contributed by atoms with Gasteiger partial charge >= 0.3 is 0 Å². The van der Waals surface area contributed by atoms with Gasteiger partial charge in [0.05, 0.1) is 0 Å². The van der Waals surface area contributed by atoms with Crippen molar-refractivity contribution in [2.24, 2.45) is 5.92 Å². The minimum Gasteiger partial charge on any atom is -0.294 e. The molecule has 0 N–H and O–H groups in total. The molecule has 0 spiro atoms. The summed E-state index contributed by atoms with van der Waals surface area (Å²) in [5, 5.41) is 3.00. The van der Waals surface area contributed by atoms with Gasteiger partial charge in [-0.25, -0.2) is 0 Å². The average molecular weight is 388 g/mol. The molecule has 28 heavy (non-hydrogen) atoms. The maximum absolute atomic E-state index is 2.65. The molecule has 1 saturated carbocycles. The zero-order chi connectivity index (χ0) is 19.2. The molecule has 0 heterocycles. The van der Waals surface area contributed by atoms with Gasteiger partial charge in [0.2, 0.25) is 0 Å². The van der Waals surface area contributed by atoms with Crippen molar-refractivity contribution in [3.63, 3.8) is 0 Å². The zero-order valence-corrected chi connectivity index (χ0v) is 17.6. The first-order valence-electron chi connectivity index (χ1n) is 10.5. The third-order valence-electron chi connectivity index (χ3n) is 5.88. The zero-order valence-electron chi connectivity index (χ0n) is 16.7. The highest BCUT2D eigenvalue weighted by Gasteiger charge is 2.35. The molecule has 144 valence electrons. The highest BCUT2D eigenvalue weighted by molar-refractivity contribution is 7.73. The molecule has 1 nitrogen and oxygen atoms in total. The number of hydrogen-bond donors (Lipinski definition) is 0. The maximum atomic E-state index is 2.65. The van der Waals surface area contributed by atoms with Crippen LogP contribution in [0.4, 0.5) is 0 Å². The van der Waals surface area contributed by atoms with Crippen LogP contribution in [0.3, 0.4) is 0 Å². The van der Waals surface area contributed by atoms with Crippen molar-refractivity contribution in [1.29, 1.82) is 0 Å². The molecule has 0 aromatic heterocycles. The highest BCUT2D eigenvalue weighted by atomic mass is 31.1. The quantitative estimate of drug-likeness (QED) is 0.465. The Morgan fingerprint density at radius 3 is 1.71 bits per heavy atom. The van der Waals surface area contributed by atoms with E-state index in [4.69, 9.17) is 0 Å². The Morgan fingerprint density at radius 2 is 1.21 bits per heavy atom. The van der Waals surface area contributed by atoms with E-state index in [2.05, 4.69) is 103 Å². The lowest BCUT2D eigenvalue weighted by Crippen LogP contribution is -2.40. The summed E-state index contributed by atoms with van der Waals surface area (Å²) in [6.07, 6.45) is 5.49. The van der Waals surface area contributed by atoms with E-state index in [0.29, 0.717) is 5.78 Å². The Hall–Kier alpha value is -1.95. The molecule has 1 fully saturated rings. The first-order chi connectivity index (χ1) is 13.8. The van der Waals surface area contributed by atoms with E-state index >= 15 is 0 Å². The molecule has 0 saturated heterocycles. The molecular formula is C26H30NP. The van der Waals surface area contributed by atoms with Gasteiger partial charge in [-0.05, 0) is 49.9 Å². The van der Waals surface area contributed by atoms with E-state index in [-0.39, 0.29) is 0 Å². The summed E-state index contributed by atoms with van der Waals surface area (Å²) >= 11 is 0. The molecular weight excluding hydrogens is 357 g/mol. The Balaban J connectivity index is 1.73. The molecule has 0 bridgehead atoms. The summed E-state index contributed by atoms with van der Waals surface area (Å²) in [4.78, 5) is 2.65. The van der Waals surface area contributed by atoms with Crippen LogP contribution in [-0.2, 0) is 6.54 Å². The van der Waals surface area contributed by atoms with Crippen molar-refractivity contribution in [3.8, 4) is 0 Å². The second-order valence-corrected chi connectivity index (χ2v) is 10.2. The van der Waals surface area contributed by atoms with Crippen LogP contribution in [0.1, 0.15) is 31.2 Å². The van der Waals surface area contributed by atoms with Gasteiger partial charge in [-0.15, -0.1) is 0 Å². The van der Waals surface area contributed by atoms with Gasteiger partial charge in [-0.2, -0.15) is 0 Å².